The monoisotopic (exact) mass is 454 g/mol. The average Bonchev–Trinajstić information content (AvgIpc) is 2.67. The zero-order valence-electron chi connectivity index (χ0n) is 15.8. The number of aliphatic carboxylic acids is 1. The standard InChI is InChI=1S/C17H22N6O7.2CH4/c18-7-19-16(29)10-2-1-3-11(4-10)17(30)23-9-22-13(25)5-12(24)20-8-21-14(26)6-15(27)28;;/h1-4H,5-9,18H2,(H,19,29)(H,20,24)(H,21,26)(H,22,25)(H,23,30)(H,27,28);2*1H4. The van der Waals surface area contributed by atoms with Crippen LogP contribution in [0.3, 0.4) is 0 Å². The fourth-order valence-electron chi connectivity index (χ4n) is 2.03. The van der Waals surface area contributed by atoms with Crippen LogP contribution >= 0.6 is 0 Å². The zero-order valence-corrected chi connectivity index (χ0v) is 15.8. The fraction of sp³-hybridized carbons (Fsp3) is 0.368. The van der Waals surface area contributed by atoms with E-state index in [1.54, 1.807) is 0 Å². The molecule has 0 unspecified atom stereocenters. The Kier molecular flexibility index (Phi) is 14.9. The summed E-state index contributed by atoms with van der Waals surface area (Å²) in [6.45, 7) is -0.647. The molecule has 0 saturated heterocycles. The van der Waals surface area contributed by atoms with Crippen LogP contribution in [0, 0.1) is 0 Å². The Morgan fingerprint density at radius 2 is 1.16 bits per heavy atom. The van der Waals surface area contributed by atoms with Crippen LogP contribution in [-0.2, 0) is 19.2 Å². The van der Waals surface area contributed by atoms with E-state index in [4.69, 9.17) is 10.8 Å². The summed E-state index contributed by atoms with van der Waals surface area (Å²) in [5, 5.41) is 19.9. The molecule has 0 atom stereocenters. The Bertz CT molecular complexity index is 828. The highest BCUT2D eigenvalue weighted by atomic mass is 16.4. The van der Waals surface area contributed by atoms with Crippen LogP contribution in [0.15, 0.2) is 24.3 Å². The van der Waals surface area contributed by atoms with Gasteiger partial charge in [0.15, 0.2) is 0 Å². The Morgan fingerprint density at radius 3 is 1.62 bits per heavy atom. The predicted octanol–water partition coefficient (Wildman–Crippen LogP) is -1.54. The number of hydrogen-bond donors (Lipinski definition) is 7. The quantitative estimate of drug-likeness (QED) is 0.154. The van der Waals surface area contributed by atoms with Crippen molar-refractivity contribution in [2.75, 3.05) is 20.0 Å². The van der Waals surface area contributed by atoms with Gasteiger partial charge in [0.05, 0.1) is 20.0 Å². The number of carboxylic acid groups (broad SMARTS) is 1. The molecule has 0 bridgehead atoms. The lowest BCUT2D eigenvalue weighted by molar-refractivity contribution is -0.140. The number of benzene rings is 1. The van der Waals surface area contributed by atoms with E-state index in [2.05, 4.69) is 26.6 Å². The van der Waals surface area contributed by atoms with Crippen LogP contribution in [0.1, 0.15) is 48.4 Å². The van der Waals surface area contributed by atoms with Crippen molar-refractivity contribution in [2.24, 2.45) is 5.73 Å². The Morgan fingerprint density at radius 1 is 0.719 bits per heavy atom. The smallest absolute Gasteiger partial charge is 0.312 e. The van der Waals surface area contributed by atoms with Crippen molar-refractivity contribution in [1.82, 2.24) is 26.6 Å². The molecule has 1 rings (SSSR count). The van der Waals surface area contributed by atoms with Crippen molar-refractivity contribution in [1.29, 1.82) is 0 Å². The summed E-state index contributed by atoms with van der Waals surface area (Å²) in [5.41, 5.74) is 5.65. The summed E-state index contributed by atoms with van der Waals surface area (Å²) >= 11 is 0. The van der Waals surface area contributed by atoms with E-state index >= 15 is 0 Å². The topological polar surface area (TPSA) is 209 Å². The highest BCUT2D eigenvalue weighted by Gasteiger charge is 2.12. The van der Waals surface area contributed by atoms with Gasteiger partial charge in [0.2, 0.25) is 17.7 Å². The molecule has 0 aliphatic carbocycles. The number of carbonyl (C=O) groups is 6. The highest BCUT2D eigenvalue weighted by Crippen LogP contribution is 2.05. The number of amides is 5. The molecule has 0 saturated carbocycles. The van der Waals surface area contributed by atoms with Crippen LogP contribution in [0.2, 0.25) is 0 Å². The summed E-state index contributed by atoms with van der Waals surface area (Å²) < 4.78 is 0. The second-order valence-electron chi connectivity index (χ2n) is 5.70. The molecule has 0 spiro atoms. The molecule has 0 heterocycles. The van der Waals surface area contributed by atoms with E-state index in [1.165, 1.54) is 24.3 Å². The molecule has 32 heavy (non-hydrogen) atoms. The maximum atomic E-state index is 12.1. The third-order valence-electron chi connectivity index (χ3n) is 3.39. The van der Waals surface area contributed by atoms with E-state index in [1.807, 2.05) is 0 Å². The Balaban J connectivity index is 0. The molecule has 0 aromatic heterocycles. The van der Waals surface area contributed by atoms with E-state index < -0.39 is 48.3 Å². The third-order valence-corrected chi connectivity index (χ3v) is 3.39. The van der Waals surface area contributed by atoms with E-state index in [0.29, 0.717) is 0 Å². The van der Waals surface area contributed by atoms with Gasteiger partial charge in [0.1, 0.15) is 12.8 Å². The maximum absolute atomic E-state index is 12.1. The van der Waals surface area contributed by atoms with E-state index in [9.17, 15) is 28.8 Å². The molecular weight excluding hydrogens is 424 g/mol. The maximum Gasteiger partial charge on any atom is 0.312 e. The number of nitrogens with one attached hydrogen (secondary N) is 5. The normalized spacial score (nSPS) is 9.16. The van der Waals surface area contributed by atoms with Crippen LogP contribution < -0.4 is 32.3 Å². The molecule has 13 nitrogen and oxygen atoms in total. The number of nitrogens with two attached hydrogens (primary N) is 1. The van der Waals surface area contributed by atoms with Crippen molar-refractivity contribution in [2.45, 2.75) is 27.7 Å². The third kappa shape index (κ3) is 11.9. The first kappa shape index (κ1) is 30.2. The van der Waals surface area contributed by atoms with Gasteiger partial charge in [-0.2, -0.15) is 0 Å². The first-order valence-corrected chi connectivity index (χ1v) is 8.61. The van der Waals surface area contributed by atoms with Gasteiger partial charge in [-0.3, -0.25) is 28.8 Å². The van der Waals surface area contributed by atoms with E-state index in [0.717, 1.165) is 0 Å². The average molecular weight is 454 g/mol. The molecule has 1 aromatic rings. The van der Waals surface area contributed by atoms with Crippen LogP contribution in [0.4, 0.5) is 0 Å². The summed E-state index contributed by atoms with van der Waals surface area (Å²) in [5.74, 6) is -4.51. The second kappa shape index (κ2) is 15.8. The summed E-state index contributed by atoms with van der Waals surface area (Å²) in [6.07, 6.45) is -1.31. The van der Waals surface area contributed by atoms with Gasteiger partial charge >= 0.3 is 5.97 Å². The lowest BCUT2D eigenvalue weighted by Crippen LogP contribution is -2.42. The van der Waals surface area contributed by atoms with Gasteiger partial charge < -0.3 is 37.4 Å². The highest BCUT2D eigenvalue weighted by molar-refractivity contribution is 6.00. The number of hydrogen-bond acceptors (Lipinski definition) is 7. The molecule has 0 aliphatic rings. The minimum atomic E-state index is -1.31. The van der Waals surface area contributed by atoms with Crippen molar-refractivity contribution in [3.05, 3.63) is 35.4 Å². The van der Waals surface area contributed by atoms with Crippen molar-refractivity contribution in [3.63, 3.8) is 0 Å². The minimum Gasteiger partial charge on any atom is -0.481 e. The molecule has 0 aliphatic heterocycles. The zero-order chi connectivity index (χ0) is 22.5. The van der Waals surface area contributed by atoms with E-state index in [-0.39, 0.29) is 46.0 Å². The predicted molar refractivity (Wildman–Crippen MR) is 115 cm³/mol. The minimum absolute atomic E-state index is 0. The Hall–Kier alpha value is -4.00. The largest absolute Gasteiger partial charge is 0.481 e. The molecule has 1 aromatic carbocycles. The molecule has 5 amide bonds. The molecule has 13 heteroatoms. The van der Waals surface area contributed by atoms with Gasteiger partial charge in [-0.25, -0.2) is 0 Å². The lowest BCUT2D eigenvalue weighted by Gasteiger charge is -2.09. The summed E-state index contributed by atoms with van der Waals surface area (Å²) in [4.78, 5) is 68.4. The van der Waals surface area contributed by atoms with Gasteiger partial charge in [-0.1, -0.05) is 20.9 Å². The summed E-state index contributed by atoms with van der Waals surface area (Å²) in [7, 11) is 0. The van der Waals surface area contributed by atoms with Crippen molar-refractivity contribution in [3.8, 4) is 0 Å². The first-order chi connectivity index (χ1) is 14.2. The SMILES string of the molecule is C.C.NCNC(=O)c1cccc(C(=O)NCNC(=O)CC(=O)NCNC(=O)CC(=O)O)c1. The van der Waals surface area contributed by atoms with Gasteiger partial charge in [0.25, 0.3) is 11.8 Å². The van der Waals surface area contributed by atoms with Crippen LogP contribution in [0.5, 0.6) is 0 Å². The van der Waals surface area contributed by atoms with Gasteiger partial charge in [-0.15, -0.1) is 0 Å². The number of carbonyl (C=O) groups excluding carboxylic acids is 5. The second-order valence-corrected chi connectivity index (χ2v) is 5.70. The lowest BCUT2D eigenvalue weighted by atomic mass is 10.1. The molecule has 178 valence electrons. The van der Waals surface area contributed by atoms with Crippen molar-refractivity contribution >= 4 is 35.5 Å². The fourth-order valence-corrected chi connectivity index (χ4v) is 2.03. The number of carboxylic acids is 1. The van der Waals surface area contributed by atoms with Crippen molar-refractivity contribution < 1.29 is 33.9 Å². The Labute approximate surface area is 185 Å². The molecule has 0 radical (unpaired) electrons. The van der Waals surface area contributed by atoms with Gasteiger partial charge in [-0.05, 0) is 18.2 Å². The molecule has 8 N–H and O–H groups in total. The number of rotatable bonds is 11. The summed E-state index contributed by atoms with van der Waals surface area (Å²) in [6, 6.07) is 5.85. The first-order valence-electron chi connectivity index (χ1n) is 8.61. The molecule has 0 fully saturated rings. The van der Waals surface area contributed by atoms with Crippen LogP contribution in [0.25, 0.3) is 0 Å². The van der Waals surface area contributed by atoms with Crippen LogP contribution in [-0.4, -0.2) is 60.6 Å². The molecular formula is C19H30N6O7. The van der Waals surface area contributed by atoms with Gasteiger partial charge in [0, 0.05) is 11.1 Å².